The topological polar surface area (TPSA) is 6.48 Å². The molecule has 0 spiro atoms. The fraction of sp³-hybridized carbons (Fsp3) is 0.250. The largest absolute Gasteiger partial charge is 0.364 e. The van der Waals surface area contributed by atoms with Gasteiger partial charge in [0.1, 0.15) is 5.82 Å². The maximum atomic E-state index is 2.22. The third kappa shape index (κ3) is 2.48. The van der Waals surface area contributed by atoms with Crippen molar-refractivity contribution in [3.63, 3.8) is 0 Å². The number of rotatable bonds is 3. The molecule has 0 fully saturated rings. The van der Waals surface area contributed by atoms with Gasteiger partial charge < -0.3 is 9.80 Å². The van der Waals surface area contributed by atoms with Crippen LogP contribution in [0.1, 0.15) is 5.56 Å². The zero-order valence-corrected chi connectivity index (χ0v) is 11.5. The molecule has 0 saturated carbocycles. The molecule has 0 heterocycles. The summed E-state index contributed by atoms with van der Waals surface area (Å²) in [6, 6.07) is 14.9. The van der Waals surface area contributed by atoms with Gasteiger partial charge in [-0.15, -0.1) is 0 Å². The molecule has 0 aliphatic carbocycles. The van der Waals surface area contributed by atoms with Gasteiger partial charge in [0.25, 0.3) is 0 Å². The zero-order chi connectivity index (χ0) is 13.1. The summed E-state index contributed by atoms with van der Waals surface area (Å²) in [6.07, 6.45) is 2.22. The van der Waals surface area contributed by atoms with Gasteiger partial charge in [0.05, 0.1) is 0 Å². The van der Waals surface area contributed by atoms with E-state index < -0.39 is 0 Å². The molecule has 0 N–H and O–H groups in total. The van der Waals surface area contributed by atoms with E-state index in [-0.39, 0.29) is 0 Å². The van der Waals surface area contributed by atoms with Crippen LogP contribution in [0.4, 0.5) is 0 Å². The Kier molecular flexibility index (Phi) is 3.56. The molecule has 2 nitrogen and oxygen atoms in total. The average Bonchev–Trinajstić information content (AvgIpc) is 2.35. The van der Waals surface area contributed by atoms with Crippen LogP contribution in [0.2, 0.25) is 0 Å². The van der Waals surface area contributed by atoms with Crippen LogP contribution < -0.4 is 0 Å². The second kappa shape index (κ2) is 5.13. The normalized spacial score (nSPS) is 10.2. The molecule has 18 heavy (non-hydrogen) atoms. The van der Waals surface area contributed by atoms with E-state index in [1.165, 1.54) is 22.2 Å². The highest BCUT2D eigenvalue weighted by molar-refractivity contribution is 5.90. The van der Waals surface area contributed by atoms with Crippen molar-refractivity contribution in [2.24, 2.45) is 0 Å². The summed E-state index contributed by atoms with van der Waals surface area (Å²) in [4.78, 5) is 4.25. The van der Waals surface area contributed by atoms with E-state index in [1.807, 2.05) is 0 Å². The number of fused-ring (bicyclic) bond motifs is 1. The van der Waals surface area contributed by atoms with Crippen molar-refractivity contribution in [2.45, 2.75) is 0 Å². The molecule has 0 amide bonds. The van der Waals surface area contributed by atoms with Gasteiger partial charge in [0, 0.05) is 28.2 Å². The summed E-state index contributed by atoms with van der Waals surface area (Å²) < 4.78 is 0. The van der Waals surface area contributed by atoms with Crippen LogP contribution in [-0.2, 0) is 0 Å². The molecule has 0 aliphatic heterocycles. The second-order valence-corrected chi connectivity index (χ2v) is 4.86. The fourth-order valence-corrected chi connectivity index (χ4v) is 2.17. The number of hydrogen-bond donors (Lipinski definition) is 0. The first-order chi connectivity index (χ1) is 8.59. The standard InChI is InChI=1S/C16H20N2/c1-17(2)16(18(3)4)12-14-10-7-9-13-8-5-6-11-15(13)14/h5-12H,1-4H3. The van der Waals surface area contributed by atoms with Crippen molar-refractivity contribution in [1.29, 1.82) is 0 Å². The average molecular weight is 240 g/mol. The predicted octanol–water partition coefficient (Wildman–Crippen LogP) is 3.26. The molecule has 0 aromatic heterocycles. The summed E-state index contributed by atoms with van der Waals surface area (Å²) in [5.41, 5.74) is 1.26. The highest BCUT2D eigenvalue weighted by Crippen LogP contribution is 2.21. The van der Waals surface area contributed by atoms with E-state index in [2.05, 4.69) is 86.5 Å². The van der Waals surface area contributed by atoms with E-state index in [9.17, 15) is 0 Å². The van der Waals surface area contributed by atoms with Crippen molar-refractivity contribution >= 4 is 16.8 Å². The van der Waals surface area contributed by atoms with Crippen LogP contribution in [0.3, 0.4) is 0 Å². The molecule has 2 aromatic rings. The van der Waals surface area contributed by atoms with Crippen LogP contribution >= 0.6 is 0 Å². The summed E-state index contributed by atoms with van der Waals surface area (Å²) >= 11 is 0. The minimum atomic E-state index is 1.19. The van der Waals surface area contributed by atoms with Gasteiger partial charge in [-0.25, -0.2) is 0 Å². The SMILES string of the molecule is CN(C)C(=Cc1cccc2ccccc12)N(C)C. The van der Waals surface area contributed by atoms with E-state index in [0.717, 1.165) is 0 Å². The van der Waals surface area contributed by atoms with Crippen molar-refractivity contribution in [1.82, 2.24) is 9.80 Å². The van der Waals surface area contributed by atoms with Crippen molar-refractivity contribution in [3.05, 3.63) is 53.8 Å². The van der Waals surface area contributed by atoms with Crippen LogP contribution in [0.25, 0.3) is 16.8 Å². The second-order valence-electron chi connectivity index (χ2n) is 4.86. The third-order valence-electron chi connectivity index (χ3n) is 3.02. The van der Waals surface area contributed by atoms with Gasteiger partial charge in [-0.2, -0.15) is 0 Å². The Morgan fingerprint density at radius 2 is 1.44 bits per heavy atom. The lowest BCUT2D eigenvalue weighted by molar-refractivity contribution is 0.348. The molecule has 0 atom stereocenters. The lowest BCUT2D eigenvalue weighted by Crippen LogP contribution is -2.24. The van der Waals surface area contributed by atoms with Gasteiger partial charge in [0.2, 0.25) is 0 Å². The molecule has 2 rings (SSSR count). The first-order valence-electron chi connectivity index (χ1n) is 6.13. The summed E-state index contributed by atoms with van der Waals surface area (Å²) in [5.74, 6) is 1.19. The Morgan fingerprint density at radius 3 is 2.11 bits per heavy atom. The van der Waals surface area contributed by atoms with Gasteiger partial charge in [-0.1, -0.05) is 42.5 Å². The minimum absolute atomic E-state index is 1.19. The molecular formula is C16H20N2. The first-order valence-corrected chi connectivity index (χ1v) is 6.13. The van der Waals surface area contributed by atoms with E-state index in [4.69, 9.17) is 0 Å². The molecule has 0 radical (unpaired) electrons. The fourth-order valence-electron chi connectivity index (χ4n) is 2.17. The zero-order valence-electron chi connectivity index (χ0n) is 11.5. The number of hydrogen-bond acceptors (Lipinski definition) is 2. The lowest BCUT2D eigenvalue weighted by Gasteiger charge is -2.24. The maximum absolute atomic E-state index is 2.22. The Hall–Kier alpha value is -1.96. The number of nitrogens with zero attached hydrogens (tertiary/aromatic N) is 2. The van der Waals surface area contributed by atoms with Crippen molar-refractivity contribution in [3.8, 4) is 0 Å². The van der Waals surface area contributed by atoms with Crippen molar-refractivity contribution < 1.29 is 0 Å². The summed E-state index contributed by atoms with van der Waals surface area (Å²) in [5, 5.41) is 2.57. The number of benzene rings is 2. The van der Waals surface area contributed by atoms with Gasteiger partial charge in [-0.05, 0) is 22.4 Å². The first kappa shape index (κ1) is 12.5. The Morgan fingerprint density at radius 1 is 0.833 bits per heavy atom. The smallest absolute Gasteiger partial charge is 0.103 e. The van der Waals surface area contributed by atoms with Gasteiger partial charge in [-0.3, -0.25) is 0 Å². The molecular weight excluding hydrogens is 220 g/mol. The van der Waals surface area contributed by atoms with Crippen LogP contribution in [0.15, 0.2) is 48.3 Å². The quantitative estimate of drug-likeness (QED) is 0.812. The van der Waals surface area contributed by atoms with E-state index >= 15 is 0 Å². The van der Waals surface area contributed by atoms with E-state index in [0.29, 0.717) is 0 Å². The molecule has 0 saturated heterocycles. The van der Waals surface area contributed by atoms with Crippen LogP contribution in [-0.4, -0.2) is 38.0 Å². The van der Waals surface area contributed by atoms with Crippen LogP contribution in [0.5, 0.6) is 0 Å². The van der Waals surface area contributed by atoms with Crippen molar-refractivity contribution in [2.75, 3.05) is 28.2 Å². The van der Waals surface area contributed by atoms with Gasteiger partial charge in [0.15, 0.2) is 0 Å². The summed E-state index contributed by atoms with van der Waals surface area (Å²) in [7, 11) is 8.27. The molecule has 94 valence electrons. The molecule has 0 aliphatic rings. The Balaban J connectivity index is 2.57. The van der Waals surface area contributed by atoms with Gasteiger partial charge >= 0.3 is 0 Å². The molecule has 0 unspecified atom stereocenters. The minimum Gasteiger partial charge on any atom is -0.364 e. The summed E-state index contributed by atoms with van der Waals surface area (Å²) in [6.45, 7) is 0. The Bertz CT molecular complexity index is 553. The maximum Gasteiger partial charge on any atom is 0.103 e. The van der Waals surface area contributed by atoms with E-state index in [1.54, 1.807) is 0 Å². The lowest BCUT2D eigenvalue weighted by atomic mass is 10.0. The monoisotopic (exact) mass is 240 g/mol. The van der Waals surface area contributed by atoms with Crippen LogP contribution in [0, 0.1) is 0 Å². The third-order valence-corrected chi connectivity index (χ3v) is 3.02. The highest BCUT2D eigenvalue weighted by atomic mass is 15.3. The highest BCUT2D eigenvalue weighted by Gasteiger charge is 2.04. The predicted molar refractivity (Wildman–Crippen MR) is 79.3 cm³/mol. The molecule has 0 bridgehead atoms. The molecule has 2 heteroatoms. The molecule has 2 aromatic carbocycles. The Labute approximate surface area is 109 Å².